The maximum Gasteiger partial charge on any atom is 0.269 e. The van der Waals surface area contributed by atoms with Gasteiger partial charge in [-0.15, -0.1) is 0 Å². The van der Waals surface area contributed by atoms with E-state index in [4.69, 9.17) is 5.73 Å². The SMILES string of the molecule is Nc1cccc2c1ccn2-c1ccc([N+](=O)[O-])cc1. The highest BCUT2D eigenvalue weighted by molar-refractivity contribution is 5.92. The molecule has 0 saturated heterocycles. The predicted octanol–water partition coefficient (Wildman–Crippen LogP) is 3.12. The highest BCUT2D eigenvalue weighted by atomic mass is 16.6. The van der Waals surface area contributed by atoms with Crippen molar-refractivity contribution < 1.29 is 4.92 Å². The Hall–Kier alpha value is -2.82. The molecule has 1 aromatic heterocycles. The summed E-state index contributed by atoms with van der Waals surface area (Å²) in [5, 5.41) is 11.6. The van der Waals surface area contributed by atoms with Gasteiger partial charge in [0.1, 0.15) is 0 Å². The summed E-state index contributed by atoms with van der Waals surface area (Å²) in [5.74, 6) is 0. The molecule has 0 amide bonds. The van der Waals surface area contributed by atoms with Gasteiger partial charge in [0.05, 0.1) is 10.4 Å². The summed E-state index contributed by atoms with van der Waals surface area (Å²) in [5.41, 5.74) is 8.56. The normalized spacial score (nSPS) is 10.7. The molecule has 3 rings (SSSR count). The molecule has 94 valence electrons. The summed E-state index contributed by atoms with van der Waals surface area (Å²) in [4.78, 5) is 10.2. The molecule has 0 fully saturated rings. The van der Waals surface area contributed by atoms with Crippen LogP contribution in [0.3, 0.4) is 0 Å². The van der Waals surface area contributed by atoms with E-state index in [2.05, 4.69) is 0 Å². The van der Waals surface area contributed by atoms with Gasteiger partial charge in [0, 0.05) is 35.1 Å². The van der Waals surface area contributed by atoms with Gasteiger partial charge < -0.3 is 10.3 Å². The lowest BCUT2D eigenvalue weighted by Crippen LogP contribution is -1.93. The molecule has 0 atom stereocenters. The van der Waals surface area contributed by atoms with E-state index >= 15 is 0 Å². The highest BCUT2D eigenvalue weighted by Gasteiger charge is 2.08. The second-order valence-electron chi connectivity index (χ2n) is 4.24. The maximum absolute atomic E-state index is 10.6. The Morgan fingerprint density at radius 2 is 1.79 bits per heavy atom. The summed E-state index contributed by atoms with van der Waals surface area (Å²) in [6, 6.07) is 14.1. The van der Waals surface area contributed by atoms with Crippen molar-refractivity contribution in [3.05, 3.63) is 64.8 Å². The number of anilines is 1. The van der Waals surface area contributed by atoms with E-state index in [-0.39, 0.29) is 5.69 Å². The number of nitro benzene ring substituents is 1. The van der Waals surface area contributed by atoms with Gasteiger partial charge in [0.25, 0.3) is 5.69 Å². The number of hydrogen-bond donors (Lipinski definition) is 1. The van der Waals surface area contributed by atoms with Crippen LogP contribution in [0, 0.1) is 10.1 Å². The molecule has 0 bridgehead atoms. The van der Waals surface area contributed by atoms with Crippen LogP contribution in [0.25, 0.3) is 16.6 Å². The first kappa shape index (κ1) is 11.3. The topological polar surface area (TPSA) is 74.1 Å². The number of rotatable bonds is 2. The molecule has 0 aliphatic carbocycles. The van der Waals surface area contributed by atoms with Crippen LogP contribution < -0.4 is 5.73 Å². The molecule has 0 aliphatic heterocycles. The number of nitrogen functional groups attached to an aromatic ring is 1. The average molecular weight is 253 g/mol. The van der Waals surface area contributed by atoms with Gasteiger partial charge >= 0.3 is 0 Å². The van der Waals surface area contributed by atoms with E-state index in [0.717, 1.165) is 22.3 Å². The van der Waals surface area contributed by atoms with Crippen LogP contribution >= 0.6 is 0 Å². The van der Waals surface area contributed by atoms with Crippen LogP contribution in [0.5, 0.6) is 0 Å². The molecule has 5 nitrogen and oxygen atoms in total. The monoisotopic (exact) mass is 253 g/mol. The number of benzene rings is 2. The summed E-state index contributed by atoms with van der Waals surface area (Å²) in [7, 11) is 0. The molecule has 3 aromatic rings. The van der Waals surface area contributed by atoms with Crippen molar-refractivity contribution >= 4 is 22.3 Å². The summed E-state index contributed by atoms with van der Waals surface area (Å²) >= 11 is 0. The minimum absolute atomic E-state index is 0.0831. The Kier molecular flexibility index (Phi) is 2.45. The first-order chi connectivity index (χ1) is 9.16. The molecule has 19 heavy (non-hydrogen) atoms. The number of nitrogens with two attached hydrogens (primary N) is 1. The van der Waals surface area contributed by atoms with Crippen LogP contribution in [0.1, 0.15) is 0 Å². The van der Waals surface area contributed by atoms with Crippen molar-refractivity contribution in [1.82, 2.24) is 4.57 Å². The van der Waals surface area contributed by atoms with Gasteiger partial charge in [-0.3, -0.25) is 10.1 Å². The number of nitrogens with zero attached hydrogens (tertiary/aromatic N) is 2. The van der Waals surface area contributed by atoms with Crippen LogP contribution in [0.4, 0.5) is 11.4 Å². The second-order valence-corrected chi connectivity index (χ2v) is 4.24. The van der Waals surface area contributed by atoms with E-state index in [1.165, 1.54) is 12.1 Å². The lowest BCUT2D eigenvalue weighted by atomic mass is 10.2. The highest BCUT2D eigenvalue weighted by Crippen LogP contribution is 2.25. The minimum Gasteiger partial charge on any atom is -0.398 e. The molecule has 0 unspecified atom stereocenters. The molecule has 0 aliphatic rings. The number of non-ortho nitro benzene ring substituents is 1. The third-order valence-electron chi connectivity index (χ3n) is 3.11. The first-order valence-electron chi connectivity index (χ1n) is 5.77. The smallest absolute Gasteiger partial charge is 0.269 e. The van der Waals surface area contributed by atoms with Crippen molar-refractivity contribution in [2.45, 2.75) is 0 Å². The van der Waals surface area contributed by atoms with Crippen molar-refractivity contribution in [3.63, 3.8) is 0 Å². The first-order valence-corrected chi connectivity index (χ1v) is 5.77. The molecule has 1 heterocycles. The van der Waals surface area contributed by atoms with E-state index < -0.39 is 4.92 Å². The van der Waals surface area contributed by atoms with Gasteiger partial charge in [0.2, 0.25) is 0 Å². The van der Waals surface area contributed by atoms with Gasteiger partial charge in [0.15, 0.2) is 0 Å². The molecule has 5 heteroatoms. The quantitative estimate of drug-likeness (QED) is 0.433. The summed E-state index contributed by atoms with van der Waals surface area (Å²) < 4.78 is 1.95. The van der Waals surface area contributed by atoms with E-state index in [1.54, 1.807) is 12.1 Å². The number of nitro groups is 1. The van der Waals surface area contributed by atoms with Crippen LogP contribution in [-0.2, 0) is 0 Å². The molecule has 0 radical (unpaired) electrons. The lowest BCUT2D eigenvalue weighted by molar-refractivity contribution is -0.384. The zero-order valence-electron chi connectivity index (χ0n) is 9.98. The summed E-state index contributed by atoms with van der Waals surface area (Å²) in [6.45, 7) is 0. The third-order valence-corrected chi connectivity index (χ3v) is 3.11. The van der Waals surface area contributed by atoms with Gasteiger partial charge in [-0.05, 0) is 30.3 Å². The number of hydrogen-bond acceptors (Lipinski definition) is 3. The Morgan fingerprint density at radius 3 is 2.47 bits per heavy atom. The Balaban J connectivity index is 2.14. The molecule has 0 saturated carbocycles. The Bertz CT molecular complexity index is 760. The lowest BCUT2D eigenvalue weighted by Gasteiger charge is -2.05. The maximum atomic E-state index is 10.6. The van der Waals surface area contributed by atoms with Gasteiger partial charge in [-0.1, -0.05) is 6.07 Å². The van der Waals surface area contributed by atoms with E-state index in [0.29, 0.717) is 0 Å². The Morgan fingerprint density at radius 1 is 1.05 bits per heavy atom. The predicted molar refractivity (Wildman–Crippen MR) is 74.3 cm³/mol. The van der Waals surface area contributed by atoms with Gasteiger partial charge in [-0.2, -0.15) is 0 Å². The van der Waals surface area contributed by atoms with Crippen molar-refractivity contribution in [1.29, 1.82) is 0 Å². The molecule has 0 spiro atoms. The van der Waals surface area contributed by atoms with Crippen molar-refractivity contribution in [2.75, 3.05) is 5.73 Å². The third kappa shape index (κ3) is 1.81. The fourth-order valence-corrected chi connectivity index (χ4v) is 2.15. The second kappa shape index (κ2) is 4.13. The average Bonchev–Trinajstić information content (AvgIpc) is 2.84. The van der Waals surface area contributed by atoms with Crippen LogP contribution in [0.2, 0.25) is 0 Å². The largest absolute Gasteiger partial charge is 0.398 e. The molecule has 2 aromatic carbocycles. The summed E-state index contributed by atoms with van der Waals surface area (Å²) in [6.07, 6.45) is 1.90. The fourth-order valence-electron chi connectivity index (χ4n) is 2.15. The minimum atomic E-state index is -0.407. The fraction of sp³-hybridized carbons (Fsp3) is 0. The molecular weight excluding hydrogens is 242 g/mol. The van der Waals surface area contributed by atoms with E-state index in [1.807, 2.05) is 35.0 Å². The standard InChI is InChI=1S/C14H11N3O2/c15-13-2-1-3-14-12(13)8-9-16(14)10-4-6-11(7-5-10)17(18)19/h1-9H,15H2. The number of aromatic nitrogens is 1. The van der Waals surface area contributed by atoms with Gasteiger partial charge in [-0.25, -0.2) is 0 Å². The number of fused-ring (bicyclic) bond motifs is 1. The van der Waals surface area contributed by atoms with Crippen molar-refractivity contribution in [2.24, 2.45) is 0 Å². The molecule has 2 N–H and O–H groups in total. The zero-order chi connectivity index (χ0) is 13.4. The molecular formula is C14H11N3O2. The van der Waals surface area contributed by atoms with Crippen molar-refractivity contribution in [3.8, 4) is 5.69 Å². The van der Waals surface area contributed by atoms with Crippen LogP contribution in [0.15, 0.2) is 54.7 Å². The van der Waals surface area contributed by atoms with E-state index in [9.17, 15) is 10.1 Å². The zero-order valence-corrected chi connectivity index (χ0v) is 9.98. The van der Waals surface area contributed by atoms with Crippen LogP contribution in [-0.4, -0.2) is 9.49 Å². The Labute approximate surface area is 109 Å².